The Balaban J connectivity index is 1.76. The second-order valence-electron chi connectivity index (χ2n) is 7.28. The summed E-state index contributed by atoms with van der Waals surface area (Å²) in [7, 11) is 0. The van der Waals surface area contributed by atoms with Gasteiger partial charge in [-0.15, -0.1) is 0 Å². The maximum atomic E-state index is 13.0. The molecule has 0 heterocycles. The molecular formula is C25H24N2O5. The van der Waals surface area contributed by atoms with Crippen molar-refractivity contribution in [2.24, 2.45) is 5.73 Å². The zero-order chi connectivity index (χ0) is 22.9. The molecule has 164 valence electrons. The molecule has 32 heavy (non-hydrogen) atoms. The van der Waals surface area contributed by atoms with Gasteiger partial charge in [0.1, 0.15) is 11.8 Å². The van der Waals surface area contributed by atoms with Crippen LogP contribution in [0.1, 0.15) is 22.8 Å². The first kappa shape index (κ1) is 22.6. The van der Waals surface area contributed by atoms with E-state index >= 15 is 0 Å². The minimum absolute atomic E-state index is 0.0107. The maximum absolute atomic E-state index is 13.0. The predicted octanol–water partition coefficient (Wildman–Crippen LogP) is 2.43. The lowest BCUT2D eigenvalue weighted by atomic mass is 10.0. The summed E-state index contributed by atoms with van der Waals surface area (Å²) in [5, 5.41) is 12.1. The van der Waals surface area contributed by atoms with E-state index in [1.54, 1.807) is 42.5 Å². The Morgan fingerprint density at radius 3 is 2.03 bits per heavy atom. The van der Waals surface area contributed by atoms with E-state index in [2.05, 4.69) is 5.32 Å². The van der Waals surface area contributed by atoms with Gasteiger partial charge in [0.2, 0.25) is 12.0 Å². The van der Waals surface area contributed by atoms with Gasteiger partial charge in [0, 0.05) is 12.0 Å². The van der Waals surface area contributed by atoms with E-state index in [0.717, 1.165) is 5.56 Å². The topological polar surface area (TPSA) is 119 Å². The largest absolute Gasteiger partial charge is 0.508 e. The molecule has 3 aromatic rings. The highest BCUT2D eigenvalue weighted by Crippen LogP contribution is 2.18. The Morgan fingerprint density at radius 1 is 0.844 bits per heavy atom. The number of carbonyl (C=O) groups is 3. The second-order valence-corrected chi connectivity index (χ2v) is 7.28. The number of aromatic hydroxyl groups is 1. The van der Waals surface area contributed by atoms with Crippen molar-refractivity contribution in [3.05, 3.63) is 102 Å². The molecule has 1 unspecified atom stereocenters. The minimum Gasteiger partial charge on any atom is -0.508 e. The summed E-state index contributed by atoms with van der Waals surface area (Å²) in [6.45, 7) is 0. The Morgan fingerprint density at radius 2 is 1.44 bits per heavy atom. The van der Waals surface area contributed by atoms with Crippen LogP contribution >= 0.6 is 0 Å². The number of hydrogen-bond donors (Lipinski definition) is 3. The molecule has 0 bridgehead atoms. The van der Waals surface area contributed by atoms with Crippen LogP contribution in [0.3, 0.4) is 0 Å². The summed E-state index contributed by atoms with van der Waals surface area (Å²) in [4.78, 5) is 37.6. The fourth-order valence-electron chi connectivity index (χ4n) is 3.20. The number of nitrogens with two attached hydrogens (primary N) is 1. The highest BCUT2D eigenvalue weighted by Gasteiger charge is 2.29. The zero-order valence-corrected chi connectivity index (χ0v) is 17.3. The predicted molar refractivity (Wildman–Crippen MR) is 118 cm³/mol. The molecule has 0 fully saturated rings. The van der Waals surface area contributed by atoms with Crippen LogP contribution in [-0.2, 0) is 32.0 Å². The number of esters is 1. The number of phenols is 1. The van der Waals surface area contributed by atoms with Gasteiger partial charge in [-0.05, 0) is 23.3 Å². The molecule has 0 saturated heterocycles. The first-order chi connectivity index (χ1) is 15.4. The number of phenolic OH excluding ortho intramolecular Hbond substituents is 1. The molecule has 7 nitrogen and oxygen atoms in total. The van der Waals surface area contributed by atoms with Crippen LogP contribution in [0.25, 0.3) is 0 Å². The lowest BCUT2D eigenvalue weighted by Gasteiger charge is -2.21. The van der Waals surface area contributed by atoms with E-state index in [0.29, 0.717) is 11.1 Å². The van der Waals surface area contributed by atoms with Crippen molar-refractivity contribution in [1.82, 2.24) is 5.32 Å². The van der Waals surface area contributed by atoms with Crippen LogP contribution in [0, 0.1) is 0 Å². The number of benzene rings is 3. The number of ether oxygens (including phenoxy) is 1. The van der Waals surface area contributed by atoms with Gasteiger partial charge in [-0.2, -0.15) is 0 Å². The molecule has 0 aromatic heterocycles. The molecule has 0 radical (unpaired) electrons. The summed E-state index contributed by atoms with van der Waals surface area (Å²) in [6.07, 6.45) is -1.08. The number of primary amides is 1. The molecule has 0 saturated carbocycles. The van der Waals surface area contributed by atoms with Crippen molar-refractivity contribution in [1.29, 1.82) is 0 Å². The highest BCUT2D eigenvalue weighted by atomic mass is 16.5. The Labute approximate surface area is 185 Å². The highest BCUT2D eigenvalue weighted by molar-refractivity contribution is 5.88. The third kappa shape index (κ3) is 6.43. The van der Waals surface area contributed by atoms with Crippen LogP contribution in [0.2, 0.25) is 0 Å². The monoisotopic (exact) mass is 432 g/mol. The van der Waals surface area contributed by atoms with E-state index in [4.69, 9.17) is 10.5 Å². The van der Waals surface area contributed by atoms with Gasteiger partial charge < -0.3 is 20.9 Å². The van der Waals surface area contributed by atoms with E-state index in [-0.39, 0.29) is 18.6 Å². The molecule has 2 atom stereocenters. The first-order valence-corrected chi connectivity index (χ1v) is 10.1. The van der Waals surface area contributed by atoms with Gasteiger partial charge in [-0.25, -0.2) is 4.79 Å². The van der Waals surface area contributed by atoms with Gasteiger partial charge in [-0.1, -0.05) is 72.8 Å². The zero-order valence-electron chi connectivity index (χ0n) is 17.3. The SMILES string of the molecule is NC(=O)C(OC(=O)[C@H](Cc1ccccc1)NC(=O)Cc1ccc(O)cc1)c1ccccc1. The quantitative estimate of drug-likeness (QED) is 0.449. The van der Waals surface area contributed by atoms with Crippen LogP contribution in [-0.4, -0.2) is 28.9 Å². The number of hydrogen-bond acceptors (Lipinski definition) is 5. The standard InChI is InChI=1S/C25H24N2O5/c26-24(30)23(19-9-5-2-6-10-19)32-25(31)21(15-17-7-3-1-4-8-17)27-22(29)16-18-11-13-20(28)14-12-18/h1-14,21,23,28H,15-16H2,(H2,26,30)(H,27,29)/t21-,23?/m0/s1. The molecule has 7 heteroatoms. The third-order valence-corrected chi connectivity index (χ3v) is 4.80. The van der Waals surface area contributed by atoms with E-state index < -0.39 is 29.9 Å². The van der Waals surface area contributed by atoms with Crippen molar-refractivity contribution in [2.45, 2.75) is 25.0 Å². The van der Waals surface area contributed by atoms with Crippen molar-refractivity contribution in [3.8, 4) is 5.75 Å². The number of carbonyl (C=O) groups excluding carboxylic acids is 3. The number of nitrogens with one attached hydrogen (secondary N) is 1. The lowest BCUT2D eigenvalue weighted by Crippen LogP contribution is -2.45. The van der Waals surface area contributed by atoms with Gasteiger partial charge in [0.15, 0.2) is 0 Å². The van der Waals surface area contributed by atoms with Gasteiger partial charge in [0.05, 0.1) is 6.42 Å². The average molecular weight is 432 g/mol. The minimum atomic E-state index is -1.27. The Bertz CT molecular complexity index is 1050. The summed E-state index contributed by atoms with van der Waals surface area (Å²) in [5.41, 5.74) is 7.40. The number of rotatable bonds is 9. The number of amides is 2. The molecule has 3 aromatic carbocycles. The van der Waals surface area contributed by atoms with Crippen molar-refractivity contribution in [3.63, 3.8) is 0 Å². The first-order valence-electron chi connectivity index (χ1n) is 10.1. The molecule has 3 rings (SSSR count). The van der Waals surface area contributed by atoms with E-state index in [1.165, 1.54) is 12.1 Å². The summed E-state index contributed by atoms with van der Waals surface area (Å²) in [6, 6.07) is 22.8. The summed E-state index contributed by atoms with van der Waals surface area (Å²) >= 11 is 0. The molecule has 0 aliphatic heterocycles. The van der Waals surface area contributed by atoms with E-state index in [1.807, 2.05) is 30.3 Å². The fraction of sp³-hybridized carbons (Fsp3) is 0.160. The van der Waals surface area contributed by atoms with Crippen LogP contribution in [0.4, 0.5) is 0 Å². The molecule has 0 spiro atoms. The average Bonchev–Trinajstić information content (AvgIpc) is 2.79. The second kappa shape index (κ2) is 10.8. The molecule has 0 aliphatic rings. The Kier molecular flexibility index (Phi) is 7.59. The van der Waals surface area contributed by atoms with Crippen molar-refractivity contribution in [2.75, 3.05) is 0 Å². The van der Waals surface area contributed by atoms with E-state index in [9.17, 15) is 19.5 Å². The van der Waals surface area contributed by atoms with Crippen LogP contribution in [0.15, 0.2) is 84.9 Å². The smallest absolute Gasteiger partial charge is 0.330 e. The van der Waals surface area contributed by atoms with Crippen molar-refractivity contribution >= 4 is 17.8 Å². The van der Waals surface area contributed by atoms with Crippen LogP contribution < -0.4 is 11.1 Å². The molecule has 2 amide bonds. The molecule has 4 N–H and O–H groups in total. The van der Waals surface area contributed by atoms with Crippen LogP contribution in [0.5, 0.6) is 5.75 Å². The summed E-state index contributed by atoms with van der Waals surface area (Å²) < 4.78 is 5.44. The normalized spacial score (nSPS) is 12.4. The van der Waals surface area contributed by atoms with Crippen molar-refractivity contribution < 1.29 is 24.2 Å². The van der Waals surface area contributed by atoms with Gasteiger partial charge in [-0.3, -0.25) is 9.59 Å². The molecular weight excluding hydrogens is 408 g/mol. The lowest BCUT2D eigenvalue weighted by molar-refractivity contribution is -0.158. The Hall–Kier alpha value is -4.13. The third-order valence-electron chi connectivity index (χ3n) is 4.80. The maximum Gasteiger partial charge on any atom is 0.330 e. The van der Waals surface area contributed by atoms with Gasteiger partial charge in [0.25, 0.3) is 5.91 Å². The fourth-order valence-corrected chi connectivity index (χ4v) is 3.20. The van der Waals surface area contributed by atoms with Gasteiger partial charge >= 0.3 is 5.97 Å². The molecule has 0 aliphatic carbocycles. The summed E-state index contributed by atoms with van der Waals surface area (Å²) in [5.74, 6) is -1.87.